The largest absolute Gasteiger partial charge is 0.378 e. The highest BCUT2D eigenvalue weighted by molar-refractivity contribution is 5.95. The van der Waals surface area contributed by atoms with Crippen LogP contribution in [0, 0.1) is 17.8 Å². The predicted molar refractivity (Wildman–Crippen MR) is 95.3 cm³/mol. The molecule has 1 aromatic carbocycles. The number of carbonyl (C=O) groups is 1. The summed E-state index contributed by atoms with van der Waals surface area (Å²) in [4.78, 5) is 14.8. The summed E-state index contributed by atoms with van der Waals surface area (Å²) in [7, 11) is 4.00. The van der Waals surface area contributed by atoms with Crippen LogP contribution in [0.2, 0.25) is 0 Å². The lowest BCUT2D eigenvalue weighted by Gasteiger charge is -2.50. The Labute approximate surface area is 144 Å². The first kappa shape index (κ1) is 15.9. The van der Waals surface area contributed by atoms with E-state index < -0.39 is 0 Å². The lowest BCUT2D eigenvalue weighted by molar-refractivity contribution is -0.0784. The summed E-state index contributed by atoms with van der Waals surface area (Å²) in [5, 5.41) is 3.36. The Balaban J connectivity index is 1.48. The van der Waals surface area contributed by atoms with E-state index in [1.807, 2.05) is 43.3 Å². The van der Waals surface area contributed by atoms with E-state index in [0.717, 1.165) is 30.2 Å². The zero-order chi connectivity index (χ0) is 16.7. The topological polar surface area (TPSA) is 41.6 Å². The number of benzene rings is 1. The van der Waals surface area contributed by atoms with Crippen molar-refractivity contribution in [3.63, 3.8) is 0 Å². The molecule has 4 atom stereocenters. The van der Waals surface area contributed by atoms with E-state index in [9.17, 15) is 4.79 Å². The van der Waals surface area contributed by atoms with E-state index in [4.69, 9.17) is 4.74 Å². The van der Waals surface area contributed by atoms with Gasteiger partial charge >= 0.3 is 0 Å². The predicted octanol–water partition coefficient (Wildman–Crippen LogP) is 3.08. The second-order valence-corrected chi connectivity index (χ2v) is 7.85. The summed E-state index contributed by atoms with van der Waals surface area (Å²) in [5.74, 6) is 1.86. The third-order valence-electron chi connectivity index (χ3n) is 6.31. The molecule has 0 aromatic heterocycles. The second-order valence-electron chi connectivity index (χ2n) is 7.85. The molecule has 1 N–H and O–H groups in total. The number of amides is 1. The van der Waals surface area contributed by atoms with Crippen molar-refractivity contribution < 1.29 is 9.53 Å². The highest BCUT2D eigenvalue weighted by Gasteiger charge is 2.57. The van der Waals surface area contributed by atoms with E-state index >= 15 is 0 Å². The first-order chi connectivity index (χ1) is 11.6. The molecule has 4 nitrogen and oxygen atoms in total. The van der Waals surface area contributed by atoms with Gasteiger partial charge in [0.25, 0.3) is 5.91 Å². The highest BCUT2D eigenvalue weighted by Crippen LogP contribution is 2.51. The molecule has 2 saturated carbocycles. The van der Waals surface area contributed by atoms with Gasteiger partial charge in [-0.15, -0.1) is 0 Å². The van der Waals surface area contributed by atoms with Crippen LogP contribution in [0.1, 0.15) is 42.5 Å². The van der Waals surface area contributed by atoms with Gasteiger partial charge < -0.3 is 15.0 Å². The molecule has 4 heteroatoms. The van der Waals surface area contributed by atoms with Crippen LogP contribution in [0.15, 0.2) is 24.3 Å². The quantitative estimate of drug-likeness (QED) is 0.923. The first-order valence-corrected chi connectivity index (χ1v) is 9.35. The van der Waals surface area contributed by atoms with Crippen LogP contribution in [0.3, 0.4) is 0 Å². The van der Waals surface area contributed by atoms with Crippen LogP contribution in [-0.2, 0) is 4.74 Å². The van der Waals surface area contributed by atoms with Crippen LogP contribution < -0.4 is 10.2 Å². The summed E-state index contributed by atoms with van der Waals surface area (Å²) in [6.07, 6.45) is 6.77. The molecule has 3 fully saturated rings. The number of nitrogens with one attached hydrogen (secondary N) is 1. The van der Waals surface area contributed by atoms with Crippen LogP contribution in [-0.4, -0.2) is 38.8 Å². The van der Waals surface area contributed by atoms with Gasteiger partial charge in [0, 0.05) is 49.8 Å². The fraction of sp³-hybridized carbons (Fsp3) is 0.650. The van der Waals surface area contributed by atoms with E-state index in [-0.39, 0.29) is 5.91 Å². The van der Waals surface area contributed by atoms with Gasteiger partial charge in [0.2, 0.25) is 0 Å². The molecule has 2 aliphatic carbocycles. The van der Waals surface area contributed by atoms with E-state index in [0.29, 0.717) is 24.0 Å². The fourth-order valence-electron chi connectivity index (χ4n) is 5.02. The Morgan fingerprint density at radius 3 is 2.75 bits per heavy atom. The molecule has 4 rings (SSSR count). The van der Waals surface area contributed by atoms with E-state index in [2.05, 4.69) is 5.32 Å². The molecule has 1 saturated heterocycles. The molecule has 1 aromatic rings. The number of rotatable bonds is 4. The Kier molecular flexibility index (Phi) is 4.25. The molecule has 0 radical (unpaired) electrons. The lowest BCUT2D eigenvalue weighted by Crippen LogP contribution is -2.63. The van der Waals surface area contributed by atoms with Gasteiger partial charge in [-0.1, -0.05) is 31.7 Å². The van der Waals surface area contributed by atoms with Gasteiger partial charge in [-0.05, 0) is 30.5 Å². The van der Waals surface area contributed by atoms with Crippen LogP contribution in [0.5, 0.6) is 0 Å². The normalized spacial score (nSPS) is 32.2. The van der Waals surface area contributed by atoms with Gasteiger partial charge in [0.15, 0.2) is 0 Å². The summed E-state index contributed by atoms with van der Waals surface area (Å²) in [6.45, 7) is 0.862. The van der Waals surface area contributed by atoms with Crippen molar-refractivity contribution in [1.29, 1.82) is 0 Å². The van der Waals surface area contributed by atoms with Crippen molar-refractivity contribution in [2.24, 2.45) is 17.8 Å². The zero-order valence-electron chi connectivity index (χ0n) is 14.7. The fourth-order valence-corrected chi connectivity index (χ4v) is 5.02. The second kappa shape index (κ2) is 6.40. The smallest absolute Gasteiger partial charge is 0.251 e. The van der Waals surface area contributed by atoms with E-state index in [1.54, 1.807) is 0 Å². The first-order valence-electron chi connectivity index (χ1n) is 9.35. The van der Waals surface area contributed by atoms with Crippen LogP contribution in [0.25, 0.3) is 0 Å². The Bertz CT molecular complexity index is 605. The van der Waals surface area contributed by atoms with Gasteiger partial charge in [0.1, 0.15) is 0 Å². The van der Waals surface area contributed by atoms with Gasteiger partial charge in [-0.2, -0.15) is 0 Å². The maximum atomic E-state index is 12.8. The molecule has 1 aliphatic heterocycles. The molecule has 3 aliphatic rings. The number of fused-ring (bicyclic) bond motifs is 1. The molecule has 130 valence electrons. The Morgan fingerprint density at radius 2 is 2.00 bits per heavy atom. The molecule has 24 heavy (non-hydrogen) atoms. The highest BCUT2D eigenvalue weighted by atomic mass is 16.5. The number of carbonyl (C=O) groups excluding carboxylic acids is 1. The Morgan fingerprint density at radius 1 is 1.21 bits per heavy atom. The lowest BCUT2D eigenvalue weighted by atomic mass is 9.61. The average molecular weight is 328 g/mol. The third kappa shape index (κ3) is 2.71. The zero-order valence-corrected chi connectivity index (χ0v) is 14.7. The minimum Gasteiger partial charge on any atom is -0.378 e. The maximum absolute atomic E-state index is 12.8. The van der Waals surface area contributed by atoms with Crippen molar-refractivity contribution in [2.45, 2.75) is 44.2 Å². The molecule has 1 amide bonds. The van der Waals surface area contributed by atoms with Crippen molar-refractivity contribution in [2.75, 3.05) is 25.6 Å². The van der Waals surface area contributed by atoms with Gasteiger partial charge in [-0.3, -0.25) is 4.79 Å². The summed E-state index contributed by atoms with van der Waals surface area (Å²) >= 11 is 0. The van der Waals surface area contributed by atoms with Crippen molar-refractivity contribution in [3.8, 4) is 0 Å². The monoisotopic (exact) mass is 328 g/mol. The van der Waals surface area contributed by atoms with Crippen LogP contribution in [0.4, 0.5) is 5.69 Å². The number of ether oxygens (including phenoxy) is 1. The molecule has 0 bridgehead atoms. The number of nitrogens with zero attached hydrogens (tertiary/aromatic N) is 1. The Hall–Kier alpha value is -1.55. The van der Waals surface area contributed by atoms with Crippen molar-refractivity contribution in [1.82, 2.24) is 5.32 Å². The van der Waals surface area contributed by atoms with Crippen molar-refractivity contribution >= 4 is 11.6 Å². The third-order valence-corrected chi connectivity index (χ3v) is 6.31. The summed E-state index contributed by atoms with van der Waals surface area (Å²) in [6, 6.07) is 8.18. The SMILES string of the molecule is CN(C)c1cccc(C(=O)N[C@H]2[C@@H]3CCO[C@@H]3[C@@H]2C2CCCC2)c1. The minimum absolute atomic E-state index is 0.0667. The molecule has 1 heterocycles. The number of hydrogen-bond donors (Lipinski definition) is 1. The molecule has 0 spiro atoms. The van der Waals surface area contributed by atoms with Gasteiger partial charge in [0.05, 0.1) is 6.10 Å². The standard InChI is InChI=1S/C20H28N2O2/c1-22(2)15-9-5-8-14(12-15)20(23)21-18-16-10-11-24-19(16)17(18)13-6-3-4-7-13/h5,8-9,12-13,16-19H,3-4,6-7,10-11H2,1-2H3,(H,21,23)/t16-,17+,18-,19-/m0/s1. The van der Waals surface area contributed by atoms with Crippen molar-refractivity contribution in [3.05, 3.63) is 29.8 Å². The summed E-state index contributed by atoms with van der Waals surface area (Å²) in [5.41, 5.74) is 1.82. The van der Waals surface area contributed by atoms with Gasteiger partial charge in [-0.25, -0.2) is 0 Å². The maximum Gasteiger partial charge on any atom is 0.251 e. The summed E-state index contributed by atoms with van der Waals surface area (Å²) < 4.78 is 5.99. The van der Waals surface area contributed by atoms with Crippen LogP contribution >= 0.6 is 0 Å². The molecular weight excluding hydrogens is 300 g/mol. The number of anilines is 1. The average Bonchev–Trinajstić information content (AvgIpc) is 3.23. The minimum atomic E-state index is 0.0667. The van der Waals surface area contributed by atoms with E-state index in [1.165, 1.54) is 25.7 Å². The molecule has 0 unspecified atom stereocenters. The number of hydrogen-bond acceptors (Lipinski definition) is 3. The molecular formula is C20H28N2O2.